The second kappa shape index (κ2) is 6.02. The van der Waals surface area contributed by atoms with Crippen LogP contribution in [0.4, 0.5) is 4.79 Å². The molecule has 5 heteroatoms. The summed E-state index contributed by atoms with van der Waals surface area (Å²) in [6, 6.07) is -0.242. The number of rotatable bonds is 4. The van der Waals surface area contributed by atoms with E-state index in [1.54, 1.807) is 11.9 Å². The summed E-state index contributed by atoms with van der Waals surface area (Å²) >= 11 is 0. The monoisotopic (exact) mass is 282 g/mol. The minimum atomic E-state index is -1.07. The smallest absolute Gasteiger partial charge is 0.329 e. The van der Waals surface area contributed by atoms with E-state index in [4.69, 9.17) is 0 Å². The maximum Gasteiger partial charge on any atom is 0.329 e. The number of aliphatic carboxylic acids is 1. The minimum Gasteiger partial charge on any atom is -0.480 e. The standard InChI is InChI=1S/C15H26N2O3/c1-11-5-4-8-15(9-11,13(18)19)16-14(20)17(2)10-12-6-3-7-12/h11-12H,3-10H2,1-2H3,(H,16,20)(H,18,19). The first kappa shape index (κ1) is 15.1. The van der Waals surface area contributed by atoms with Crippen LogP contribution in [0.5, 0.6) is 0 Å². The molecule has 114 valence electrons. The molecule has 0 bridgehead atoms. The fraction of sp³-hybridized carbons (Fsp3) is 0.867. The lowest BCUT2D eigenvalue weighted by atomic mass is 9.76. The SMILES string of the molecule is CC1CCCC(NC(=O)N(C)CC2CCC2)(C(=O)O)C1. The molecular weight excluding hydrogens is 256 g/mol. The average Bonchev–Trinajstić information content (AvgIpc) is 2.33. The van der Waals surface area contributed by atoms with Crippen LogP contribution in [0.1, 0.15) is 51.9 Å². The number of hydrogen-bond donors (Lipinski definition) is 2. The number of nitrogens with one attached hydrogen (secondary N) is 1. The zero-order valence-electron chi connectivity index (χ0n) is 12.5. The third-order valence-corrected chi connectivity index (χ3v) is 4.86. The Hall–Kier alpha value is -1.26. The van der Waals surface area contributed by atoms with Gasteiger partial charge < -0.3 is 15.3 Å². The second-order valence-electron chi connectivity index (χ2n) is 6.70. The van der Waals surface area contributed by atoms with Crippen molar-refractivity contribution in [2.75, 3.05) is 13.6 Å². The van der Waals surface area contributed by atoms with Gasteiger partial charge in [-0.05, 0) is 37.5 Å². The minimum absolute atomic E-state index is 0.242. The van der Waals surface area contributed by atoms with Crippen LogP contribution in [-0.4, -0.2) is 41.1 Å². The van der Waals surface area contributed by atoms with Gasteiger partial charge in [-0.25, -0.2) is 9.59 Å². The van der Waals surface area contributed by atoms with E-state index in [1.165, 1.54) is 19.3 Å². The average molecular weight is 282 g/mol. The number of carbonyl (C=O) groups is 2. The van der Waals surface area contributed by atoms with E-state index in [2.05, 4.69) is 12.2 Å². The van der Waals surface area contributed by atoms with Gasteiger partial charge in [0.15, 0.2) is 0 Å². The summed E-state index contributed by atoms with van der Waals surface area (Å²) in [5, 5.41) is 12.3. The van der Waals surface area contributed by atoms with Gasteiger partial charge in [-0.1, -0.05) is 26.2 Å². The number of amides is 2. The van der Waals surface area contributed by atoms with E-state index >= 15 is 0 Å². The van der Waals surface area contributed by atoms with Crippen molar-refractivity contribution in [3.63, 3.8) is 0 Å². The number of carbonyl (C=O) groups excluding carboxylic acids is 1. The quantitative estimate of drug-likeness (QED) is 0.832. The molecule has 0 aromatic rings. The largest absolute Gasteiger partial charge is 0.480 e. The van der Waals surface area contributed by atoms with E-state index < -0.39 is 11.5 Å². The van der Waals surface area contributed by atoms with E-state index in [1.807, 2.05) is 0 Å². The van der Waals surface area contributed by atoms with Gasteiger partial charge in [0.2, 0.25) is 0 Å². The Morgan fingerprint density at radius 3 is 2.50 bits per heavy atom. The van der Waals surface area contributed by atoms with Gasteiger partial charge in [-0.2, -0.15) is 0 Å². The molecule has 5 nitrogen and oxygen atoms in total. The van der Waals surface area contributed by atoms with Crippen molar-refractivity contribution in [2.24, 2.45) is 11.8 Å². The topological polar surface area (TPSA) is 69.6 Å². The maximum atomic E-state index is 12.3. The van der Waals surface area contributed by atoms with E-state index in [-0.39, 0.29) is 6.03 Å². The Labute approximate surface area is 120 Å². The van der Waals surface area contributed by atoms with Crippen LogP contribution in [0.25, 0.3) is 0 Å². The molecule has 0 spiro atoms. The van der Waals surface area contributed by atoms with Crippen LogP contribution in [0, 0.1) is 11.8 Å². The van der Waals surface area contributed by atoms with Crippen LogP contribution >= 0.6 is 0 Å². The van der Waals surface area contributed by atoms with Crippen molar-refractivity contribution in [1.29, 1.82) is 0 Å². The molecule has 0 aliphatic heterocycles. The first-order valence-corrected chi connectivity index (χ1v) is 7.69. The summed E-state index contributed by atoms with van der Waals surface area (Å²) < 4.78 is 0. The fourth-order valence-electron chi connectivity index (χ4n) is 3.36. The van der Waals surface area contributed by atoms with Gasteiger partial charge in [0.25, 0.3) is 0 Å². The lowest BCUT2D eigenvalue weighted by Gasteiger charge is -2.39. The van der Waals surface area contributed by atoms with Crippen LogP contribution in [-0.2, 0) is 4.79 Å². The molecule has 2 unspecified atom stereocenters. The lowest BCUT2D eigenvalue weighted by Crippen LogP contribution is -2.59. The summed E-state index contributed by atoms with van der Waals surface area (Å²) in [7, 11) is 1.76. The lowest BCUT2D eigenvalue weighted by molar-refractivity contribution is -0.146. The first-order valence-electron chi connectivity index (χ1n) is 7.69. The first-order chi connectivity index (χ1) is 9.43. The van der Waals surface area contributed by atoms with Gasteiger partial charge >= 0.3 is 12.0 Å². The number of carboxylic acid groups (broad SMARTS) is 1. The highest BCUT2D eigenvalue weighted by Gasteiger charge is 2.43. The molecule has 2 rings (SSSR count). The molecule has 0 radical (unpaired) electrons. The number of nitrogens with zero attached hydrogens (tertiary/aromatic N) is 1. The molecule has 0 aromatic carbocycles. The number of urea groups is 1. The molecule has 0 heterocycles. The molecule has 2 aliphatic carbocycles. The Morgan fingerprint density at radius 2 is 2.00 bits per heavy atom. The zero-order chi connectivity index (χ0) is 14.8. The molecular formula is C15H26N2O3. The number of hydrogen-bond acceptors (Lipinski definition) is 2. The van der Waals surface area contributed by atoms with Crippen molar-refractivity contribution in [3.05, 3.63) is 0 Å². The summed E-state index contributed by atoms with van der Waals surface area (Å²) in [6.07, 6.45) is 6.58. The molecule has 20 heavy (non-hydrogen) atoms. The Kier molecular flexibility index (Phi) is 4.55. The molecule has 2 saturated carbocycles. The third-order valence-electron chi connectivity index (χ3n) is 4.86. The highest BCUT2D eigenvalue weighted by atomic mass is 16.4. The van der Waals surface area contributed by atoms with Gasteiger partial charge in [0.1, 0.15) is 5.54 Å². The van der Waals surface area contributed by atoms with Crippen molar-refractivity contribution in [1.82, 2.24) is 10.2 Å². The van der Waals surface area contributed by atoms with Crippen LogP contribution in [0.15, 0.2) is 0 Å². The molecule has 2 aliphatic rings. The molecule has 2 amide bonds. The molecule has 2 atom stereocenters. The third kappa shape index (κ3) is 3.25. The Balaban J connectivity index is 1.96. The molecule has 2 fully saturated rings. The molecule has 2 N–H and O–H groups in total. The fourth-order valence-corrected chi connectivity index (χ4v) is 3.36. The highest BCUT2D eigenvalue weighted by molar-refractivity contribution is 5.86. The Bertz CT molecular complexity index is 381. The van der Waals surface area contributed by atoms with Crippen molar-refractivity contribution in [3.8, 4) is 0 Å². The van der Waals surface area contributed by atoms with E-state index in [0.717, 1.165) is 19.4 Å². The zero-order valence-corrected chi connectivity index (χ0v) is 12.5. The van der Waals surface area contributed by atoms with Gasteiger partial charge in [-0.15, -0.1) is 0 Å². The van der Waals surface area contributed by atoms with Gasteiger partial charge in [0, 0.05) is 13.6 Å². The van der Waals surface area contributed by atoms with Gasteiger partial charge in [0.05, 0.1) is 0 Å². The van der Waals surface area contributed by atoms with Crippen LogP contribution < -0.4 is 5.32 Å². The van der Waals surface area contributed by atoms with Crippen molar-refractivity contribution < 1.29 is 14.7 Å². The molecule has 0 saturated heterocycles. The van der Waals surface area contributed by atoms with Gasteiger partial charge in [-0.3, -0.25) is 0 Å². The highest BCUT2D eigenvalue weighted by Crippen LogP contribution is 2.33. The summed E-state index contributed by atoms with van der Waals surface area (Å²) in [5.74, 6) is 0.0448. The summed E-state index contributed by atoms with van der Waals surface area (Å²) in [5.41, 5.74) is -1.07. The summed E-state index contributed by atoms with van der Waals surface area (Å²) in [4.78, 5) is 25.5. The predicted octanol–water partition coefficient (Wildman–Crippen LogP) is 2.46. The molecule has 0 aromatic heterocycles. The number of carboxylic acids is 1. The maximum absolute atomic E-state index is 12.3. The van der Waals surface area contributed by atoms with E-state index in [9.17, 15) is 14.7 Å². The van der Waals surface area contributed by atoms with Crippen molar-refractivity contribution >= 4 is 12.0 Å². The summed E-state index contributed by atoms with van der Waals surface area (Å²) in [6.45, 7) is 2.79. The second-order valence-corrected chi connectivity index (χ2v) is 6.70. The van der Waals surface area contributed by atoms with Crippen LogP contribution in [0.3, 0.4) is 0 Å². The normalized spacial score (nSPS) is 30.4. The van der Waals surface area contributed by atoms with E-state index in [0.29, 0.717) is 24.7 Å². The predicted molar refractivity (Wildman–Crippen MR) is 76.5 cm³/mol. The van der Waals surface area contributed by atoms with Crippen LogP contribution in [0.2, 0.25) is 0 Å². The Morgan fingerprint density at radius 1 is 1.30 bits per heavy atom. The van der Waals surface area contributed by atoms with Crippen molar-refractivity contribution in [2.45, 2.75) is 57.4 Å².